The summed E-state index contributed by atoms with van der Waals surface area (Å²) in [6.07, 6.45) is 3.16. The highest BCUT2D eigenvalue weighted by molar-refractivity contribution is 5.79. The number of carbonyl (C=O) groups excluding carboxylic acids is 1. The van der Waals surface area contributed by atoms with Gasteiger partial charge < -0.3 is 20.3 Å². The Hall–Kier alpha value is -0.650. The Morgan fingerprint density at radius 2 is 2.29 bits per heavy atom. The van der Waals surface area contributed by atoms with Gasteiger partial charge in [-0.25, -0.2) is 0 Å². The number of nitrogens with zero attached hydrogens (tertiary/aromatic N) is 1. The van der Waals surface area contributed by atoms with Crippen LogP contribution in [0.15, 0.2) is 0 Å². The Balaban J connectivity index is 1.67. The van der Waals surface area contributed by atoms with Crippen molar-refractivity contribution < 1.29 is 9.53 Å². The summed E-state index contributed by atoms with van der Waals surface area (Å²) < 4.78 is 5.39. The Morgan fingerprint density at radius 3 is 2.95 bits per heavy atom. The number of nitrogens with one attached hydrogen (secondary N) is 2. The van der Waals surface area contributed by atoms with E-state index in [0.29, 0.717) is 12.0 Å². The van der Waals surface area contributed by atoms with Gasteiger partial charge in [0.1, 0.15) is 0 Å². The molecule has 2 rings (SSSR count). The largest absolute Gasteiger partial charge is 0.382 e. The molecule has 5 nitrogen and oxygen atoms in total. The zero-order valence-corrected chi connectivity index (χ0v) is 13.6. The second-order valence-electron chi connectivity index (χ2n) is 6.42. The molecule has 2 saturated heterocycles. The van der Waals surface area contributed by atoms with Gasteiger partial charge in [-0.2, -0.15) is 0 Å². The smallest absolute Gasteiger partial charge is 0.224 e. The zero-order chi connectivity index (χ0) is 15.1. The van der Waals surface area contributed by atoms with E-state index in [0.717, 1.165) is 65.2 Å². The summed E-state index contributed by atoms with van der Waals surface area (Å²) in [5.74, 6) is 0.965. The second-order valence-corrected chi connectivity index (χ2v) is 6.42. The average molecular weight is 297 g/mol. The van der Waals surface area contributed by atoms with E-state index in [2.05, 4.69) is 22.5 Å². The van der Waals surface area contributed by atoms with Crippen LogP contribution in [0.5, 0.6) is 0 Å². The Morgan fingerprint density at radius 1 is 1.43 bits per heavy atom. The van der Waals surface area contributed by atoms with E-state index in [9.17, 15) is 4.79 Å². The summed E-state index contributed by atoms with van der Waals surface area (Å²) in [5, 5.41) is 6.54. The fourth-order valence-electron chi connectivity index (χ4n) is 3.36. The molecule has 0 aromatic carbocycles. The van der Waals surface area contributed by atoms with E-state index in [1.165, 1.54) is 0 Å². The third-order valence-electron chi connectivity index (χ3n) is 4.72. The molecule has 0 saturated carbocycles. The van der Waals surface area contributed by atoms with Crippen molar-refractivity contribution in [3.05, 3.63) is 0 Å². The maximum absolute atomic E-state index is 12.2. The van der Waals surface area contributed by atoms with Crippen molar-refractivity contribution >= 4 is 5.91 Å². The molecule has 3 atom stereocenters. The molecule has 0 bridgehead atoms. The van der Waals surface area contributed by atoms with Gasteiger partial charge in [0, 0.05) is 45.4 Å². The molecule has 2 N–H and O–H groups in total. The van der Waals surface area contributed by atoms with Crippen LogP contribution in [0.3, 0.4) is 0 Å². The lowest BCUT2D eigenvalue weighted by molar-refractivity contribution is -0.125. The first kappa shape index (κ1) is 16.7. The van der Waals surface area contributed by atoms with E-state index in [1.54, 1.807) is 0 Å². The second kappa shape index (κ2) is 8.71. The highest BCUT2D eigenvalue weighted by Crippen LogP contribution is 2.18. The summed E-state index contributed by atoms with van der Waals surface area (Å²) >= 11 is 0. The molecule has 2 aliphatic rings. The normalized spacial score (nSPS) is 30.5. The van der Waals surface area contributed by atoms with Crippen LogP contribution in [-0.2, 0) is 9.53 Å². The first-order chi connectivity index (χ1) is 10.2. The number of carbonyl (C=O) groups is 1. The third-order valence-corrected chi connectivity index (χ3v) is 4.72. The van der Waals surface area contributed by atoms with Gasteiger partial charge in [-0.15, -0.1) is 0 Å². The lowest BCUT2D eigenvalue weighted by Crippen LogP contribution is -2.51. The first-order valence-corrected chi connectivity index (χ1v) is 8.52. The molecule has 2 aliphatic heterocycles. The highest BCUT2D eigenvalue weighted by atomic mass is 16.5. The highest BCUT2D eigenvalue weighted by Gasteiger charge is 2.30. The molecule has 0 spiro atoms. The lowest BCUT2D eigenvalue weighted by atomic mass is 9.93. The molecule has 2 fully saturated rings. The fourth-order valence-corrected chi connectivity index (χ4v) is 3.36. The van der Waals surface area contributed by atoms with Crippen LogP contribution in [-0.4, -0.2) is 62.8 Å². The van der Waals surface area contributed by atoms with Crippen molar-refractivity contribution in [1.82, 2.24) is 15.5 Å². The van der Waals surface area contributed by atoms with Gasteiger partial charge in [0.25, 0.3) is 0 Å². The van der Waals surface area contributed by atoms with E-state index in [1.807, 2.05) is 6.92 Å². The molecular weight excluding hydrogens is 266 g/mol. The van der Waals surface area contributed by atoms with Crippen LogP contribution < -0.4 is 10.6 Å². The van der Waals surface area contributed by atoms with E-state index < -0.39 is 0 Å². The SMILES string of the molecule is CCOCCCN1CCC(NC(=O)C2CCNC2)C(C)C1. The summed E-state index contributed by atoms with van der Waals surface area (Å²) in [5.41, 5.74) is 0. The molecule has 0 aromatic heterocycles. The van der Waals surface area contributed by atoms with E-state index in [4.69, 9.17) is 4.74 Å². The Kier molecular flexibility index (Phi) is 6.93. The van der Waals surface area contributed by atoms with Crippen LogP contribution >= 0.6 is 0 Å². The van der Waals surface area contributed by atoms with Crippen LogP contribution in [0.4, 0.5) is 0 Å². The number of amides is 1. The molecule has 0 radical (unpaired) electrons. The minimum atomic E-state index is 0.182. The van der Waals surface area contributed by atoms with E-state index >= 15 is 0 Å². The summed E-state index contributed by atoms with van der Waals surface area (Å²) in [7, 11) is 0. The maximum atomic E-state index is 12.2. The van der Waals surface area contributed by atoms with Gasteiger partial charge in [0.15, 0.2) is 0 Å². The molecule has 0 aliphatic carbocycles. The van der Waals surface area contributed by atoms with Crippen molar-refractivity contribution in [2.45, 2.75) is 39.2 Å². The minimum absolute atomic E-state index is 0.182. The number of ether oxygens (including phenoxy) is 1. The van der Waals surface area contributed by atoms with Crippen LogP contribution in [0.25, 0.3) is 0 Å². The first-order valence-electron chi connectivity index (χ1n) is 8.52. The number of rotatable bonds is 7. The van der Waals surface area contributed by atoms with Gasteiger partial charge in [0.05, 0.1) is 5.92 Å². The number of hydrogen-bond acceptors (Lipinski definition) is 4. The Labute approximate surface area is 128 Å². The van der Waals surface area contributed by atoms with Crippen molar-refractivity contribution in [2.75, 3.05) is 45.9 Å². The zero-order valence-electron chi connectivity index (χ0n) is 13.6. The van der Waals surface area contributed by atoms with Crippen molar-refractivity contribution in [1.29, 1.82) is 0 Å². The van der Waals surface area contributed by atoms with Crippen molar-refractivity contribution in [3.63, 3.8) is 0 Å². The number of likely N-dealkylation sites (tertiary alicyclic amines) is 1. The topological polar surface area (TPSA) is 53.6 Å². The Bertz CT molecular complexity index is 319. The monoisotopic (exact) mass is 297 g/mol. The molecule has 1 amide bonds. The number of hydrogen-bond donors (Lipinski definition) is 2. The lowest BCUT2D eigenvalue weighted by Gasteiger charge is -2.37. The molecule has 3 unspecified atom stereocenters. The van der Waals surface area contributed by atoms with Crippen LogP contribution in [0, 0.1) is 11.8 Å². The molecular formula is C16H31N3O2. The quantitative estimate of drug-likeness (QED) is 0.684. The van der Waals surface area contributed by atoms with Crippen LogP contribution in [0.1, 0.15) is 33.1 Å². The van der Waals surface area contributed by atoms with Gasteiger partial charge in [-0.1, -0.05) is 6.92 Å². The van der Waals surface area contributed by atoms with E-state index in [-0.39, 0.29) is 11.8 Å². The summed E-state index contributed by atoms with van der Waals surface area (Å²) in [6, 6.07) is 0.348. The molecule has 21 heavy (non-hydrogen) atoms. The molecule has 5 heteroatoms. The summed E-state index contributed by atoms with van der Waals surface area (Å²) in [4.78, 5) is 14.7. The van der Waals surface area contributed by atoms with Crippen LogP contribution in [0.2, 0.25) is 0 Å². The van der Waals surface area contributed by atoms with Gasteiger partial charge in [-0.3, -0.25) is 4.79 Å². The minimum Gasteiger partial charge on any atom is -0.382 e. The van der Waals surface area contributed by atoms with Gasteiger partial charge in [0.2, 0.25) is 5.91 Å². The number of piperidine rings is 1. The third kappa shape index (κ3) is 5.24. The summed E-state index contributed by atoms with van der Waals surface area (Å²) in [6.45, 7) is 11.1. The van der Waals surface area contributed by atoms with Crippen molar-refractivity contribution in [3.8, 4) is 0 Å². The van der Waals surface area contributed by atoms with Crippen molar-refractivity contribution in [2.24, 2.45) is 11.8 Å². The standard InChI is InChI=1S/C16H31N3O2/c1-3-21-10-4-8-19-9-6-15(13(2)12-19)18-16(20)14-5-7-17-11-14/h13-15,17H,3-12H2,1-2H3,(H,18,20). The van der Waals surface area contributed by atoms with Gasteiger partial charge in [-0.05, 0) is 38.6 Å². The predicted octanol–water partition coefficient (Wildman–Crippen LogP) is 0.849. The predicted molar refractivity (Wildman–Crippen MR) is 84.2 cm³/mol. The molecule has 0 aromatic rings. The molecule has 2 heterocycles. The molecule has 122 valence electrons. The average Bonchev–Trinajstić information content (AvgIpc) is 3.00. The fraction of sp³-hybridized carbons (Fsp3) is 0.938. The van der Waals surface area contributed by atoms with Gasteiger partial charge >= 0.3 is 0 Å². The maximum Gasteiger partial charge on any atom is 0.224 e.